The first kappa shape index (κ1) is 19.6. The van der Waals surface area contributed by atoms with Crippen LogP contribution in [0.3, 0.4) is 0 Å². The van der Waals surface area contributed by atoms with Gasteiger partial charge in [0.25, 0.3) is 0 Å². The Morgan fingerprint density at radius 3 is 2.41 bits per heavy atom. The number of ketones is 1. The van der Waals surface area contributed by atoms with E-state index >= 15 is 0 Å². The molecule has 0 amide bonds. The molecule has 5 nitrogen and oxygen atoms in total. The highest BCUT2D eigenvalue weighted by Gasteiger charge is 2.08. The Bertz CT molecular complexity index is 1130. The number of hydrogen-bond acceptors (Lipinski definition) is 5. The molecule has 0 radical (unpaired) electrons. The van der Waals surface area contributed by atoms with Crippen LogP contribution in [0, 0.1) is 0 Å². The van der Waals surface area contributed by atoms with Crippen molar-refractivity contribution >= 4 is 43.5 Å². The third-order valence-corrected chi connectivity index (χ3v) is 6.20. The van der Waals surface area contributed by atoms with Gasteiger partial charge in [-0.05, 0) is 42.8 Å². The highest BCUT2D eigenvalue weighted by atomic mass is 32.1. The molecule has 0 atom stereocenters. The van der Waals surface area contributed by atoms with Gasteiger partial charge in [0.05, 0.1) is 27.6 Å². The maximum Gasteiger partial charge on any atom is 0.181 e. The summed E-state index contributed by atoms with van der Waals surface area (Å²) < 4.78 is 3.13. The van der Waals surface area contributed by atoms with Crippen molar-refractivity contribution in [2.45, 2.75) is 52.0 Å². The lowest BCUT2D eigenvalue weighted by Gasteiger charge is -2.05. The van der Waals surface area contributed by atoms with Crippen molar-refractivity contribution in [3.05, 3.63) is 53.9 Å². The molecular weight excluding hydrogens is 380 g/mol. The lowest BCUT2D eigenvalue weighted by molar-refractivity contribution is 0.101. The number of rotatable bonds is 3. The van der Waals surface area contributed by atoms with Gasteiger partial charge < -0.3 is 10.3 Å². The fraction of sp³-hybridized carbons (Fsp3) is 0.348. The zero-order valence-corrected chi connectivity index (χ0v) is 17.5. The van der Waals surface area contributed by atoms with E-state index in [1.54, 1.807) is 13.3 Å². The number of anilines is 1. The number of nitrogens with zero attached hydrogens (tertiary/aromatic N) is 3. The number of carbonyl (C=O) groups is 1. The number of carbonyl (C=O) groups excluding carboxylic acids is 1. The summed E-state index contributed by atoms with van der Waals surface area (Å²) in [6.07, 6.45) is 10.8. The molecule has 2 heterocycles. The van der Waals surface area contributed by atoms with Crippen LogP contribution in [0.15, 0.2) is 42.7 Å². The Labute approximate surface area is 174 Å². The van der Waals surface area contributed by atoms with Gasteiger partial charge in [-0.1, -0.05) is 55.9 Å². The zero-order valence-electron chi connectivity index (χ0n) is 16.7. The highest BCUT2D eigenvalue weighted by molar-refractivity contribution is 7.22. The van der Waals surface area contributed by atoms with E-state index in [0.29, 0.717) is 17.2 Å². The summed E-state index contributed by atoms with van der Waals surface area (Å²) in [5.74, 6) is 0.0567. The molecule has 150 valence electrons. The molecule has 1 aliphatic rings. The average Bonchev–Trinajstić information content (AvgIpc) is 3.31. The number of nitrogen functional groups attached to an aromatic ring is 1. The first-order valence-electron chi connectivity index (χ1n) is 10.2. The standard InChI is InChI=1S/C17H14N4OS.C6H12/c1-10(22)12-3-5-13-15(7-12)21(9-19-13)8-11-2-4-14-16(6-11)23-17(18)20-14;1-2-4-6-5-3-1/h2-7,9H,8H2,1H3,(H2,18,20);1-6H2. The topological polar surface area (TPSA) is 73.8 Å². The molecule has 4 aromatic rings. The number of nitrogens with two attached hydrogens (primary N) is 1. The van der Waals surface area contributed by atoms with Crippen molar-refractivity contribution in [3.8, 4) is 0 Å². The van der Waals surface area contributed by atoms with Crippen molar-refractivity contribution in [2.75, 3.05) is 5.73 Å². The molecule has 29 heavy (non-hydrogen) atoms. The van der Waals surface area contributed by atoms with Crippen molar-refractivity contribution in [1.82, 2.24) is 14.5 Å². The number of benzene rings is 2. The van der Waals surface area contributed by atoms with Gasteiger partial charge in [0.1, 0.15) is 0 Å². The van der Waals surface area contributed by atoms with E-state index < -0.39 is 0 Å². The number of hydrogen-bond donors (Lipinski definition) is 1. The second kappa shape index (κ2) is 8.74. The van der Waals surface area contributed by atoms with Crippen molar-refractivity contribution in [1.29, 1.82) is 0 Å². The quantitative estimate of drug-likeness (QED) is 0.435. The summed E-state index contributed by atoms with van der Waals surface area (Å²) in [5, 5.41) is 0.580. The molecule has 1 fully saturated rings. The van der Waals surface area contributed by atoms with E-state index in [1.807, 2.05) is 34.9 Å². The molecule has 0 bridgehead atoms. The summed E-state index contributed by atoms with van der Waals surface area (Å²) in [6, 6.07) is 11.7. The van der Waals surface area contributed by atoms with Gasteiger partial charge in [-0.25, -0.2) is 9.97 Å². The number of imidazole rings is 1. The van der Waals surface area contributed by atoms with Gasteiger partial charge in [0, 0.05) is 12.1 Å². The second-order valence-corrected chi connectivity index (χ2v) is 8.67. The summed E-state index contributed by atoms with van der Waals surface area (Å²) in [7, 11) is 0. The largest absolute Gasteiger partial charge is 0.375 e. The summed E-state index contributed by atoms with van der Waals surface area (Å²) in [5.41, 5.74) is 10.4. The van der Waals surface area contributed by atoms with Crippen LogP contribution in [0.4, 0.5) is 5.13 Å². The van der Waals surface area contributed by atoms with Gasteiger partial charge in [0.15, 0.2) is 10.9 Å². The maximum absolute atomic E-state index is 11.6. The minimum Gasteiger partial charge on any atom is -0.375 e. The van der Waals surface area contributed by atoms with E-state index in [0.717, 1.165) is 26.8 Å². The molecule has 0 unspecified atom stereocenters. The van der Waals surface area contributed by atoms with Gasteiger partial charge in [0.2, 0.25) is 0 Å². The van der Waals surface area contributed by atoms with Crippen LogP contribution in [-0.4, -0.2) is 20.3 Å². The number of thiazole rings is 1. The Morgan fingerprint density at radius 2 is 1.72 bits per heavy atom. The third kappa shape index (κ3) is 4.65. The van der Waals surface area contributed by atoms with E-state index in [9.17, 15) is 4.79 Å². The molecule has 0 aliphatic heterocycles. The summed E-state index contributed by atoms with van der Waals surface area (Å²) in [4.78, 5) is 20.3. The molecule has 0 saturated heterocycles. The van der Waals surface area contributed by atoms with Crippen molar-refractivity contribution in [2.24, 2.45) is 0 Å². The molecule has 2 N–H and O–H groups in total. The normalized spacial score (nSPS) is 14.0. The number of fused-ring (bicyclic) bond motifs is 2. The molecule has 2 aromatic heterocycles. The molecule has 6 heteroatoms. The van der Waals surface area contributed by atoms with Crippen LogP contribution in [-0.2, 0) is 6.54 Å². The van der Waals surface area contributed by atoms with Crippen LogP contribution < -0.4 is 5.73 Å². The van der Waals surface area contributed by atoms with E-state index in [4.69, 9.17) is 5.73 Å². The van der Waals surface area contributed by atoms with Gasteiger partial charge in [-0.2, -0.15) is 0 Å². The van der Waals surface area contributed by atoms with Crippen molar-refractivity contribution in [3.63, 3.8) is 0 Å². The molecule has 1 saturated carbocycles. The molecular formula is C23H26N4OS. The first-order valence-corrected chi connectivity index (χ1v) is 11.0. The van der Waals surface area contributed by atoms with E-state index in [1.165, 1.54) is 49.9 Å². The Balaban J connectivity index is 0.000000294. The predicted molar refractivity (Wildman–Crippen MR) is 121 cm³/mol. The second-order valence-electron chi connectivity index (χ2n) is 7.61. The lowest BCUT2D eigenvalue weighted by Crippen LogP contribution is -1.99. The van der Waals surface area contributed by atoms with Gasteiger partial charge in [-0.15, -0.1) is 0 Å². The predicted octanol–water partition coefficient (Wildman–Crippen LogP) is 5.82. The maximum atomic E-state index is 11.6. The summed E-state index contributed by atoms with van der Waals surface area (Å²) in [6.45, 7) is 2.26. The zero-order chi connectivity index (χ0) is 20.2. The number of Topliss-reactive ketones (excluding diaryl/α,β-unsaturated/α-hetero) is 1. The molecule has 0 spiro atoms. The number of aromatic nitrogens is 3. The smallest absolute Gasteiger partial charge is 0.181 e. The highest BCUT2D eigenvalue weighted by Crippen LogP contribution is 2.25. The molecule has 2 aromatic carbocycles. The fourth-order valence-electron chi connectivity index (χ4n) is 3.74. The first-order chi connectivity index (χ1) is 14.1. The van der Waals surface area contributed by atoms with Crippen LogP contribution in [0.2, 0.25) is 0 Å². The van der Waals surface area contributed by atoms with Crippen molar-refractivity contribution < 1.29 is 4.79 Å². The SMILES string of the molecule is C1CCCCC1.CC(=O)c1ccc2ncn(Cc3ccc4nc(N)sc4c3)c2c1. The Morgan fingerprint density at radius 1 is 1.03 bits per heavy atom. The van der Waals surface area contributed by atoms with Crippen LogP contribution >= 0.6 is 11.3 Å². The Hall–Kier alpha value is -2.73. The van der Waals surface area contributed by atoms with Gasteiger partial charge in [-0.3, -0.25) is 4.79 Å². The Kier molecular flexibility index (Phi) is 5.90. The molecule has 1 aliphatic carbocycles. The van der Waals surface area contributed by atoms with Gasteiger partial charge >= 0.3 is 0 Å². The monoisotopic (exact) mass is 406 g/mol. The lowest BCUT2D eigenvalue weighted by atomic mass is 10.0. The van der Waals surface area contributed by atoms with Crippen LogP contribution in [0.5, 0.6) is 0 Å². The minimum atomic E-state index is 0.0567. The van der Waals surface area contributed by atoms with Crippen LogP contribution in [0.25, 0.3) is 21.3 Å². The average molecular weight is 407 g/mol. The molecule has 5 rings (SSSR count). The van der Waals surface area contributed by atoms with Crippen LogP contribution in [0.1, 0.15) is 61.4 Å². The fourth-order valence-corrected chi connectivity index (χ4v) is 4.54. The van der Waals surface area contributed by atoms with E-state index in [2.05, 4.69) is 16.0 Å². The van der Waals surface area contributed by atoms with E-state index in [-0.39, 0.29) is 5.78 Å². The summed E-state index contributed by atoms with van der Waals surface area (Å²) >= 11 is 1.49. The minimum absolute atomic E-state index is 0.0567. The third-order valence-electron chi connectivity index (χ3n) is 5.35.